The molecule has 1 aliphatic carbocycles. The second-order valence-corrected chi connectivity index (χ2v) is 18.9. The lowest BCUT2D eigenvalue weighted by atomic mass is 9.84. The van der Waals surface area contributed by atoms with Crippen LogP contribution in [0.1, 0.15) is 12.8 Å². The van der Waals surface area contributed by atoms with Crippen LogP contribution in [0.25, 0.3) is 76.5 Å². The highest BCUT2D eigenvalue weighted by atomic mass is 15.3. The van der Waals surface area contributed by atoms with Crippen LogP contribution in [0.15, 0.2) is 242 Å². The Morgan fingerprint density at radius 2 is 0.786 bits per heavy atom. The van der Waals surface area contributed by atoms with Crippen LogP contribution < -0.4 is 19.6 Å². The predicted molar refractivity (Wildman–Crippen MR) is 298 cm³/mol. The molecule has 4 heteroatoms. The van der Waals surface area contributed by atoms with Gasteiger partial charge in [0.15, 0.2) is 0 Å². The lowest BCUT2D eigenvalue weighted by Crippen LogP contribution is -2.32. The molecule has 0 saturated heterocycles. The van der Waals surface area contributed by atoms with E-state index in [1.54, 1.807) is 0 Å². The lowest BCUT2D eigenvalue weighted by molar-refractivity contribution is 0.858. The van der Waals surface area contributed by atoms with Crippen LogP contribution in [0, 0.1) is 0 Å². The smallest absolute Gasteiger partial charge is 0.0699 e. The summed E-state index contributed by atoms with van der Waals surface area (Å²) in [5.74, 6) is 0. The first-order valence-electron chi connectivity index (χ1n) is 24.4. The van der Waals surface area contributed by atoms with Gasteiger partial charge in [-0.3, -0.25) is 0 Å². The fourth-order valence-corrected chi connectivity index (χ4v) is 11.8. The molecule has 4 nitrogen and oxygen atoms in total. The zero-order valence-electron chi connectivity index (χ0n) is 39.1. The molecular formula is C66H48N4. The van der Waals surface area contributed by atoms with Crippen molar-refractivity contribution < 1.29 is 0 Å². The molecular weight excluding hydrogens is 849 g/mol. The number of hydrogen-bond donors (Lipinski definition) is 0. The van der Waals surface area contributed by atoms with Crippen molar-refractivity contribution in [3.8, 4) is 33.4 Å². The standard InChI is InChI=1S/C66H48N4/c1-67-57-20-8-12-24-61(57)69(62-25-13-9-21-58(62)67)51-35-37-54-55(41-51)65(49-32-28-44-18-6-7-19-45(44)39-49)53-36-34-52(70-63-26-14-10-22-59(63)68(2)60-23-11-15-27-64(60)70)42-56(53)66(54)50-33-31-47-38-46(29-30-48(47)40-50)43-16-4-3-5-17-43/h3-14,16-26,28-42H,15,27H2,1-2H3. The summed E-state index contributed by atoms with van der Waals surface area (Å²) >= 11 is 0. The molecule has 0 fully saturated rings. The van der Waals surface area contributed by atoms with Gasteiger partial charge in [-0.15, -0.1) is 0 Å². The summed E-state index contributed by atoms with van der Waals surface area (Å²) in [7, 11) is 4.38. The van der Waals surface area contributed by atoms with Gasteiger partial charge in [0.2, 0.25) is 0 Å². The van der Waals surface area contributed by atoms with Gasteiger partial charge in [0, 0.05) is 31.2 Å². The molecule has 11 aromatic carbocycles. The third-order valence-electron chi connectivity index (χ3n) is 15.1. The molecule has 0 aromatic heterocycles. The van der Waals surface area contributed by atoms with Crippen LogP contribution in [-0.4, -0.2) is 14.1 Å². The Labute approximate surface area is 408 Å². The van der Waals surface area contributed by atoms with E-state index in [0.717, 1.165) is 35.6 Å². The molecule has 0 saturated carbocycles. The van der Waals surface area contributed by atoms with Gasteiger partial charge in [-0.1, -0.05) is 146 Å². The molecule has 0 atom stereocenters. The molecule has 11 aromatic rings. The average molecular weight is 897 g/mol. The number of allylic oxidation sites excluding steroid dienone is 3. The van der Waals surface area contributed by atoms with E-state index in [0.29, 0.717) is 0 Å². The Kier molecular flexibility index (Phi) is 9.12. The monoisotopic (exact) mass is 896 g/mol. The number of nitrogens with zero attached hydrogens (tertiary/aromatic N) is 4. The van der Waals surface area contributed by atoms with E-state index in [2.05, 4.69) is 264 Å². The maximum Gasteiger partial charge on any atom is 0.0699 e. The first-order valence-corrected chi connectivity index (χ1v) is 24.4. The van der Waals surface area contributed by atoms with Crippen LogP contribution in [0.3, 0.4) is 0 Å². The minimum absolute atomic E-state index is 0.965. The van der Waals surface area contributed by atoms with Gasteiger partial charge >= 0.3 is 0 Å². The minimum atomic E-state index is 0.965. The molecule has 70 heavy (non-hydrogen) atoms. The number of hydrogen-bond acceptors (Lipinski definition) is 4. The molecule has 3 aliphatic rings. The molecule has 2 heterocycles. The Morgan fingerprint density at radius 3 is 1.40 bits per heavy atom. The van der Waals surface area contributed by atoms with E-state index in [-0.39, 0.29) is 0 Å². The zero-order chi connectivity index (χ0) is 46.5. The van der Waals surface area contributed by atoms with Crippen molar-refractivity contribution in [1.29, 1.82) is 0 Å². The van der Waals surface area contributed by atoms with E-state index in [4.69, 9.17) is 0 Å². The van der Waals surface area contributed by atoms with Crippen LogP contribution >= 0.6 is 0 Å². The van der Waals surface area contributed by atoms with Crippen molar-refractivity contribution in [2.75, 3.05) is 33.7 Å². The van der Waals surface area contributed by atoms with Crippen molar-refractivity contribution in [3.05, 3.63) is 242 Å². The summed E-state index contributed by atoms with van der Waals surface area (Å²) in [5, 5.41) is 9.77. The predicted octanol–water partition coefficient (Wildman–Crippen LogP) is 18.0. The van der Waals surface area contributed by atoms with Crippen molar-refractivity contribution >= 4 is 88.6 Å². The minimum Gasteiger partial charge on any atom is -0.341 e. The molecule has 0 unspecified atom stereocenters. The normalized spacial score (nSPS) is 14.1. The van der Waals surface area contributed by atoms with Crippen LogP contribution in [0.2, 0.25) is 0 Å². The molecule has 0 spiro atoms. The maximum absolute atomic E-state index is 2.54. The van der Waals surface area contributed by atoms with Gasteiger partial charge in [-0.2, -0.15) is 0 Å². The van der Waals surface area contributed by atoms with Crippen molar-refractivity contribution in [2.45, 2.75) is 12.8 Å². The SMILES string of the molecule is CN1C2=C(CCC=C2)N(c2ccc3c(-c4ccc5ccccc5c4)c4cc(N5c6ccccc6N(C)c6ccccc65)ccc4c(-c4ccc5cc(-c6ccccc6)ccc5c4)c3c2)c2ccccc21. The van der Waals surface area contributed by atoms with Gasteiger partial charge in [0.05, 0.1) is 39.8 Å². The zero-order valence-corrected chi connectivity index (χ0v) is 39.1. The first-order chi connectivity index (χ1) is 34.6. The van der Waals surface area contributed by atoms with E-state index in [1.165, 1.54) is 111 Å². The molecule has 14 rings (SSSR count). The highest BCUT2D eigenvalue weighted by Gasteiger charge is 2.32. The van der Waals surface area contributed by atoms with Crippen molar-refractivity contribution in [3.63, 3.8) is 0 Å². The summed E-state index contributed by atoms with van der Waals surface area (Å²) in [4.78, 5) is 9.67. The van der Waals surface area contributed by atoms with Gasteiger partial charge < -0.3 is 19.6 Å². The number of likely N-dealkylation sites (N-methyl/N-ethyl adjacent to an activating group) is 1. The summed E-state index contributed by atoms with van der Waals surface area (Å²) in [6, 6.07) is 81.3. The number of benzene rings is 11. The van der Waals surface area contributed by atoms with Crippen LogP contribution in [-0.2, 0) is 0 Å². The Balaban J connectivity index is 1.08. The number of fused-ring (bicyclic) bond motifs is 7. The van der Waals surface area contributed by atoms with Gasteiger partial charge in [0.25, 0.3) is 0 Å². The second-order valence-electron chi connectivity index (χ2n) is 18.9. The molecule has 0 N–H and O–H groups in total. The number of rotatable bonds is 5. The lowest BCUT2D eigenvalue weighted by Gasteiger charge is -2.41. The maximum atomic E-state index is 2.54. The Bertz CT molecular complexity index is 3970. The van der Waals surface area contributed by atoms with E-state index in [1.807, 2.05) is 0 Å². The average Bonchev–Trinajstić information content (AvgIpc) is 3.42. The van der Waals surface area contributed by atoms with Gasteiger partial charge in [-0.05, 0) is 174 Å². The summed E-state index contributed by atoms with van der Waals surface area (Å²) in [5.41, 5.74) is 19.2. The third kappa shape index (κ3) is 6.23. The van der Waals surface area contributed by atoms with Crippen molar-refractivity contribution in [2.24, 2.45) is 0 Å². The molecule has 0 amide bonds. The van der Waals surface area contributed by atoms with Gasteiger partial charge in [0.1, 0.15) is 0 Å². The van der Waals surface area contributed by atoms with E-state index in [9.17, 15) is 0 Å². The summed E-state index contributed by atoms with van der Waals surface area (Å²) in [6.07, 6.45) is 6.60. The van der Waals surface area contributed by atoms with E-state index >= 15 is 0 Å². The molecule has 332 valence electrons. The molecule has 0 radical (unpaired) electrons. The molecule has 2 aliphatic heterocycles. The van der Waals surface area contributed by atoms with Crippen LogP contribution in [0.4, 0.5) is 45.5 Å². The number of para-hydroxylation sites is 6. The largest absolute Gasteiger partial charge is 0.341 e. The first kappa shape index (κ1) is 40.2. The van der Waals surface area contributed by atoms with Crippen molar-refractivity contribution in [1.82, 2.24) is 0 Å². The Morgan fingerprint density at radius 1 is 0.329 bits per heavy atom. The van der Waals surface area contributed by atoms with Gasteiger partial charge in [-0.25, -0.2) is 0 Å². The fraction of sp³-hybridized carbons (Fsp3) is 0.0606. The highest BCUT2D eigenvalue weighted by Crippen LogP contribution is 2.54. The summed E-state index contributed by atoms with van der Waals surface area (Å²) < 4.78 is 0. The van der Waals surface area contributed by atoms with Crippen LogP contribution in [0.5, 0.6) is 0 Å². The van der Waals surface area contributed by atoms with E-state index < -0.39 is 0 Å². The highest BCUT2D eigenvalue weighted by molar-refractivity contribution is 6.23. The number of anilines is 8. The molecule has 0 bridgehead atoms. The summed E-state index contributed by atoms with van der Waals surface area (Å²) in [6.45, 7) is 0. The third-order valence-corrected chi connectivity index (χ3v) is 15.1. The fourth-order valence-electron chi connectivity index (χ4n) is 11.8. The topological polar surface area (TPSA) is 13.0 Å². The Hall–Kier alpha value is -8.86. The second kappa shape index (κ2) is 15.9. The quantitative estimate of drug-likeness (QED) is 0.160.